The zero-order valence-corrected chi connectivity index (χ0v) is 29.8. The highest BCUT2D eigenvalue weighted by Gasteiger charge is 2.65. The van der Waals surface area contributed by atoms with Gasteiger partial charge in [0.1, 0.15) is 5.75 Å². The van der Waals surface area contributed by atoms with Gasteiger partial charge >= 0.3 is 0 Å². The Morgan fingerprint density at radius 2 is 1.71 bits per heavy atom. The number of ether oxygens (including phenoxy) is 1. The van der Waals surface area contributed by atoms with Crippen molar-refractivity contribution in [1.82, 2.24) is 19.1 Å². The van der Waals surface area contributed by atoms with Gasteiger partial charge in [0.15, 0.2) is 0 Å². The number of carbonyl (C=O) groups is 2. The SMILES string of the molecule is CCC1(S(=O)(=O)NC(=O)c2ccc3c(C4CCCCC4)c4n(c3c2)CC2(C(=O)N3C5CCC3CN(C)C5)CC2c2cc(OC)ccc2-4)CC1. The third kappa shape index (κ3) is 4.68. The number of nitrogens with zero attached hydrogens (tertiary/aromatic N) is 3. The summed E-state index contributed by atoms with van der Waals surface area (Å²) in [6.07, 6.45) is 10.4. The molecule has 3 aliphatic carbocycles. The Kier molecular flexibility index (Phi) is 7.13. The van der Waals surface area contributed by atoms with Crippen LogP contribution in [0.4, 0.5) is 0 Å². The molecule has 2 amide bonds. The number of piperazine rings is 1. The Bertz CT molecular complexity index is 1980. The van der Waals surface area contributed by atoms with E-state index in [0.717, 1.165) is 73.1 Å². The molecule has 4 heterocycles. The van der Waals surface area contributed by atoms with E-state index < -0.39 is 26.1 Å². The maximum Gasteiger partial charge on any atom is 0.264 e. The van der Waals surface area contributed by atoms with E-state index in [1.165, 1.54) is 30.4 Å². The predicted molar refractivity (Wildman–Crippen MR) is 189 cm³/mol. The van der Waals surface area contributed by atoms with Gasteiger partial charge in [-0.3, -0.25) is 9.59 Å². The number of sulfonamides is 1. The van der Waals surface area contributed by atoms with E-state index in [9.17, 15) is 13.2 Å². The zero-order valence-electron chi connectivity index (χ0n) is 29.0. The molecular weight excluding hydrogens is 637 g/mol. The van der Waals surface area contributed by atoms with Gasteiger partial charge in [-0.15, -0.1) is 0 Å². The Hall–Kier alpha value is -3.37. The van der Waals surface area contributed by atoms with Gasteiger partial charge in [-0.2, -0.15) is 0 Å². The summed E-state index contributed by atoms with van der Waals surface area (Å²) >= 11 is 0. The molecule has 4 atom stereocenters. The highest BCUT2D eigenvalue weighted by atomic mass is 32.2. The average molecular weight is 685 g/mol. The van der Waals surface area contributed by atoms with Crippen molar-refractivity contribution in [2.75, 3.05) is 27.2 Å². The van der Waals surface area contributed by atoms with Crippen molar-refractivity contribution < 1.29 is 22.7 Å². The van der Waals surface area contributed by atoms with Crippen LogP contribution in [0.3, 0.4) is 0 Å². The highest BCUT2D eigenvalue weighted by molar-refractivity contribution is 7.91. The number of hydrogen-bond acceptors (Lipinski definition) is 6. The van der Waals surface area contributed by atoms with Crippen molar-refractivity contribution in [3.63, 3.8) is 0 Å². The molecule has 10 heteroatoms. The summed E-state index contributed by atoms with van der Waals surface area (Å²) in [5, 5.41) is 1.11. The molecule has 9 rings (SSSR count). The fourth-order valence-electron chi connectivity index (χ4n) is 10.4. The molecule has 2 aromatic carbocycles. The number of fused-ring (bicyclic) bond motifs is 9. The van der Waals surface area contributed by atoms with Crippen LogP contribution in [0, 0.1) is 5.41 Å². The highest BCUT2D eigenvalue weighted by Crippen LogP contribution is 2.66. The van der Waals surface area contributed by atoms with Crippen LogP contribution in [0.2, 0.25) is 0 Å². The molecule has 3 saturated carbocycles. The maximum atomic E-state index is 15.0. The quantitative estimate of drug-likeness (QED) is 0.320. The lowest BCUT2D eigenvalue weighted by Gasteiger charge is -2.41. The van der Waals surface area contributed by atoms with Gasteiger partial charge in [0.25, 0.3) is 5.91 Å². The summed E-state index contributed by atoms with van der Waals surface area (Å²) in [7, 11) is 0.0687. The van der Waals surface area contributed by atoms with Crippen molar-refractivity contribution in [1.29, 1.82) is 0 Å². The van der Waals surface area contributed by atoms with E-state index in [2.05, 4.69) is 38.3 Å². The van der Waals surface area contributed by atoms with Crippen molar-refractivity contribution in [2.24, 2.45) is 5.41 Å². The molecule has 2 saturated heterocycles. The molecule has 1 aromatic heterocycles. The minimum absolute atomic E-state index is 0.0821. The molecule has 0 radical (unpaired) electrons. The fourth-order valence-corrected chi connectivity index (χ4v) is 12.0. The van der Waals surface area contributed by atoms with Gasteiger partial charge in [-0.1, -0.05) is 32.3 Å². The van der Waals surface area contributed by atoms with E-state index >= 15 is 4.79 Å². The average Bonchev–Trinajstić information content (AvgIpc) is 4.01. The number of amides is 2. The van der Waals surface area contributed by atoms with Crippen molar-refractivity contribution in [2.45, 2.75) is 113 Å². The zero-order chi connectivity index (χ0) is 33.9. The number of aromatic nitrogens is 1. The van der Waals surface area contributed by atoms with Crippen LogP contribution < -0.4 is 9.46 Å². The largest absolute Gasteiger partial charge is 0.497 e. The van der Waals surface area contributed by atoms with Gasteiger partial charge in [-0.25, -0.2) is 13.1 Å². The molecule has 3 aliphatic heterocycles. The van der Waals surface area contributed by atoms with Gasteiger partial charge in [0, 0.05) is 59.7 Å². The Balaban J connectivity index is 1.21. The first-order chi connectivity index (χ1) is 23.6. The standard InChI is InChI=1S/C39H48N4O5S/c1-4-38(16-17-38)49(46,47)40-36(44)25-10-14-30-33(18-25)42-23-39(37(45)43-26-11-12-27(43)22-41(2)21-26)20-32(39)31-19-28(48-3)13-15-29(31)35(42)34(30)24-8-6-5-7-9-24/h10,13-15,18-19,24,26-27,32H,4-9,11-12,16-17,20-23H2,1-3H3,(H,40,44). The minimum Gasteiger partial charge on any atom is -0.497 e. The topological polar surface area (TPSA) is 101 Å². The molecule has 0 spiro atoms. The second-order valence-corrected chi connectivity index (χ2v) is 18.1. The molecule has 3 aromatic rings. The Morgan fingerprint density at radius 3 is 2.39 bits per heavy atom. The number of carbonyl (C=O) groups excluding carboxylic acids is 2. The second-order valence-electron chi connectivity index (χ2n) is 16.1. The van der Waals surface area contributed by atoms with Crippen molar-refractivity contribution in [3.05, 3.63) is 53.1 Å². The molecule has 4 unspecified atom stereocenters. The second kappa shape index (κ2) is 11.1. The van der Waals surface area contributed by atoms with Crippen LogP contribution in [0.1, 0.15) is 111 Å². The first kappa shape index (κ1) is 31.6. The lowest BCUT2D eigenvalue weighted by Crippen LogP contribution is -2.57. The Labute approximate surface area is 289 Å². The number of likely N-dealkylation sites (tertiary alicyclic amines) is 1. The lowest BCUT2D eigenvalue weighted by atomic mass is 9.81. The van der Waals surface area contributed by atoms with Crippen LogP contribution >= 0.6 is 0 Å². The van der Waals surface area contributed by atoms with Crippen molar-refractivity contribution >= 4 is 32.7 Å². The minimum atomic E-state index is -3.80. The summed E-state index contributed by atoms with van der Waals surface area (Å²) in [6.45, 7) is 4.24. The summed E-state index contributed by atoms with van der Waals surface area (Å²) in [6, 6.07) is 12.6. The molecule has 49 heavy (non-hydrogen) atoms. The number of hydrogen-bond donors (Lipinski definition) is 1. The summed E-state index contributed by atoms with van der Waals surface area (Å²) in [5.41, 5.74) is 5.48. The molecular formula is C39H48N4O5S. The smallest absolute Gasteiger partial charge is 0.264 e. The number of nitrogens with one attached hydrogen (secondary N) is 1. The number of benzene rings is 2. The summed E-state index contributed by atoms with van der Waals surface area (Å²) in [5.74, 6) is 0.945. The van der Waals surface area contributed by atoms with E-state index in [-0.39, 0.29) is 23.9 Å². The van der Waals surface area contributed by atoms with E-state index in [4.69, 9.17) is 4.74 Å². The van der Waals surface area contributed by atoms with E-state index in [0.29, 0.717) is 37.3 Å². The van der Waals surface area contributed by atoms with Gasteiger partial charge in [-0.05, 0) is 106 Å². The summed E-state index contributed by atoms with van der Waals surface area (Å²) in [4.78, 5) is 33.4. The first-order valence-corrected chi connectivity index (χ1v) is 20.0. The normalized spacial score (nSPS) is 28.7. The molecule has 1 N–H and O–H groups in total. The number of likely N-dealkylation sites (N-methyl/N-ethyl adjacent to an activating group) is 1. The van der Waals surface area contributed by atoms with Gasteiger partial charge in [0.05, 0.1) is 23.0 Å². The van der Waals surface area contributed by atoms with Crippen molar-refractivity contribution in [3.8, 4) is 17.0 Å². The molecule has 9 nitrogen and oxygen atoms in total. The van der Waals surface area contributed by atoms with Crippen LogP contribution in [0.5, 0.6) is 5.75 Å². The maximum absolute atomic E-state index is 15.0. The van der Waals surface area contributed by atoms with E-state index in [1.54, 1.807) is 13.2 Å². The monoisotopic (exact) mass is 684 g/mol. The molecule has 5 fully saturated rings. The Morgan fingerprint density at radius 1 is 0.980 bits per heavy atom. The number of rotatable bonds is 7. The van der Waals surface area contributed by atoms with Gasteiger partial charge < -0.3 is 19.1 Å². The fraction of sp³-hybridized carbons (Fsp3) is 0.590. The van der Waals surface area contributed by atoms with Crippen LogP contribution in [0.15, 0.2) is 36.4 Å². The lowest BCUT2D eigenvalue weighted by molar-refractivity contribution is -0.143. The predicted octanol–water partition coefficient (Wildman–Crippen LogP) is 6.16. The van der Waals surface area contributed by atoms with Crippen LogP contribution in [-0.2, 0) is 21.4 Å². The van der Waals surface area contributed by atoms with Crippen LogP contribution in [0.25, 0.3) is 22.2 Å². The number of methoxy groups -OCH3 is 1. The van der Waals surface area contributed by atoms with Crippen LogP contribution in [-0.4, -0.2) is 78.7 Å². The summed E-state index contributed by atoms with van der Waals surface area (Å²) < 4.78 is 36.3. The van der Waals surface area contributed by atoms with Gasteiger partial charge in [0.2, 0.25) is 15.9 Å². The molecule has 2 bridgehead atoms. The molecule has 260 valence electrons. The third-order valence-corrected chi connectivity index (χ3v) is 15.6. The van der Waals surface area contributed by atoms with E-state index in [1.807, 2.05) is 25.1 Å². The first-order valence-electron chi connectivity index (χ1n) is 18.5. The molecule has 6 aliphatic rings. The third-order valence-electron chi connectivity index (χ3n) is 13.4.